The van der Waals surface area contributed by atoms with Crippen LogP contribution in [0.5, 0.6) is 0 Å². The highest BCUT2D eigenvalue weighted by atomic mass is 16.2. The van der Waals surface area contributed by atoms with Gasteiger partial charge in [0.25, 0.3) is 0 Å². The van der Waals surface area contributed by atoms with E-state index in [0.29, 0.717) is 6.54 Å². The van der Waals surface area contributed by atoms with Crippen LogP contribution in [0.2, 0.25) is 0 Å². The Morgan fingerprint density at radius 2 is 1.72 bits per heavy atom. The largest absolute Gasteiger partial charge is 0.334 e. The molecule has 0 fully saturated rings. The van der Waals surface area contributed by atoms with Gasteiger partial charge in [0.2, 0.25) is 0 Å². The lowest BCUT2D eigenvalue weighted by atomic mass is 10.2. The van der Waals surface area contributed by atoms with E-state index in [0.717, 1.165) is 5.69 Å². The quantitative estimate of drug-likeness (QED) is 0.744. The van der Waals surface area contributed by atoms with Crippen LogP contribution in [0.15, 0.2) is 36.9 Å². The third-order valence-electron chi connectivity index (χ3n) is 1.72. The topological polar surface area (TPSA) is 41.1 Å². The van der Waals surface area contributed by atoms with Crippen LogP contribution in [0.1, 0.15) is 36.1 Å². The summed E-state index contributed by atoms with van der Waals surface area (Å²) in [5, 5.41) is 5.33. The zero-order chi connectivity index (χ0) is 14.4. The summed E-state index contributed by atoms with van der Waals surface area (Å²) >= 11 is 0. The Morgan fingerprint density at radius 1 is 1.22 bits per heavy atom. The van der Waals surface area contributed by atoms with E-state index in [2.05, 4.69) is 17.2 Å². The minimum atomic E-state index is -0.214. The first kappa shape index (κ1) is 18.6. The van der Waals surface area contributed by atoms with Gasteiger partial charge in [0, 0.05) is 15.1 Å². The fourth-order valence-corrected chi connectivity index (χ4v) is 0.977. The fourth-order valence-electron chi connectivity index (χ4n) is 0.977. The van der Waals surface area contributed by atoms with Gasteiger partial charge in [0.15, 0.2) is 0 Å². The van der Waals surface area contributed by atoms with Gasteiger partial charge in [-0.3, -0.25) is 0 Å². The first-order chi connectivity index (χ1) is 8.72. The molecule has 3 heteroatoms. The van der Waals surface area contributed by atoms with Crippen molar-refractivity contribution in [3.63, 3.8) is 0 Å². The number of aryl methyl sites for hydroxylation is 1. The van der Waals surface area contributed by atoms with Crippen LogP contribution in [-0.4, -0.2) is 12.6 Å². The molecule has 1 aromatic rings. The van der Waals surface area contributed by atoms with Gasteiger partial charge in [-0.2, -0.15) is 0 Å². The van der Waals surface area contributed by atoms with Crippen molar-refractivity contribution in [2.75, 3.05) is 11.9 Å². The molecule has 0 aromatic heterocycles. The zero-order valence-electron chi connectivity index (χ0n) is 12.2. The minimum absolute atomic E-state index is 0. The Hall–Kier alpha value is -1.77. The average molecular weight is 254 g/mol. The van der Waals surface area contributed by atoms with E-state index in [4.69, 9.17) is 0 Å². The van der Waals surface area contributed by atoms with Gasteiger partial charge in [0.1, 0.15) is 0 Å². The Balaban J connectivity index is -0.000000196. The van der Waals surface area contributed by atoms with Crippen molar-refractivity contribution in [1.82, 2.24) is 5.32 Å². The molecule has 0 aliphatic carbocycles. The maximum absolute atomic E-state index is 11.2. The smallest absolute Gasteiger partial charge is 0.319 e. The molecule has 0 aliphatic heterocycles. The van der Waals surface area contributed by atoms with E-state index in [1.165, 1.54) is 5.56 Å². The summed E-state index contributed by atoms with van der Waals surface area (Å²) in [4.78, 5) is 11.2. The van der Waals surface area contributed by atoms with Gasteiger partial charge in [-0.15, -0.1) is 6.58 Å². The number of benzene rings is 1. The number of anilines is 1. The number of hydrogen-bond donors (Lipinski definition) is 2. The summed E-state index contributed by atoms with van der Waals surface area (Å²) in [6.07, 6.45) is 1.63. The molecule has 0 radical (unpaired) electrons. The maximum Gasteiger partial charge on any atom is 0.319 e. The van der Waals surface area contributed by atoms with Crippen molar-refractivity contribution in [3.05, 3.63) is 42.5 Å². The highest BCUT2D eigenvalue weighted by Gasteiger charge is 1.98. The van der Waals surface area contributed by atoms with Gasteiger partial charge in [-0.25, -0.2) is 4.79 Å². The Labute approximate surface area is 114 Å². The fraction of sp³-hybridized carbons (Fsp3) is 0.400. The SMILES string of the molecule is C=CCNC(=O)Nc1ccc(C)cc1.CC.CC.[HH].[HH]. The van der Waals surface area contributed by atoms with Crippen LogP contribution in [0.3, 0.4) is 0 Å². The van der Waals surface area contributed by atoms with Crippen LogP contribution in [0.25, 0.3) is 0 Å². The molecule has 18 heavy (non-hydrogen) atoms. The molecular weight excluding hydrogens is 224 g/mol. The van der Waals surface area contributed by atoms with Crippen molar-refractivity contribution in [2.45, 2.75) is 34.6 Å². The number of carbonyl (C=O) groups excluding carboxylic acids is 1. The summed E-state index contributed by atoms with van der Waals surface area (Å²) in [7, 11) is 0. The van der Waals surface area contributed by atoms with Gasteiger partial charge in [0.05, 0.1) is 0 Å². The zero-order valence-corrected chi connectivity index (χ0v) is 12.2. The Kier molecular flexibility index (Phi) is 13.7. The summed E-state index contributed by atoms with van der Waals surface area (Å²) in [5.41, 5.74) is 1.96. The van der Waals surface area contributed by atoms with Crippen LogP contribution in [0, 0.1) is 6.92 Å². The lowest BCUT2D eigenvalue weighted by molar-refractivity contribution is 0.253. The molecule has 1 aromatic carbocycles. The van der Waals surface area contributed by atoms with E-state index >= 15 is 0 Å². The van der Waals surface area contributed by atoms with E-state index < -0.39 is 0 Å². The predicted molar refractivity (Wildman–Crippen MR) is 85.3 cm³/mol. The minimum Gasteiger partial charge on any atom is -0.334 e. The molecular formula is C15H30N2O. The maximum atomic E-state index is 11.2. The molecule has 0 spiro atoms. The number of carbonyl (C=O) groups is 1. The monoisotopic (exact) mass is 254 g/mol. The molecule has 0 unspecified atom stereocenters. The van der Waals surface area contributed by atoms with E-state index in [-0.39, 0.29) is 8.88 Å². The van der Waals surface area contributed by atoms with Crippen LogP contribution < -0.4 is 10.6 Å². The first-order valence-corrected chi connectivity index (χ1v) is 6.45. The van der Waals surface area contributed by atoms with Crippen LogP contribution >= 0.6 is 0 Å². The Bertz CT molecular complexity index is 327. The number of urea groups is 1. The second-order valence-electron chi connectivity index (χ2n) is 2.99. The van der Waals surface area contributed by atoms with Gasteiger partial charge in [-0.05, 0) is 19.1 Å². The molecule has 0 bridgehead atoms. The van der Waals surface area contributed by atoms with E-state index in [1.807, 2.05) is 58.9 Å². The van der Waals surface area contributed by atoms with Gasteiger partial charge < -0.3 is 10.6 Å². The van der Waals surface area contributed by atoms with Crippen molar-refractivity contribution in [2.24, 2.45) is 0 Å². The summed E-state index contributed by atoms with van der Waals surface area (Å²) in [5.74, 6) is 0. The average Bonchev–Trinajstić information content (AvgIpc) is 2.43. The van der Waals surface area contributed by atoms with Gasteiger partial charge >= 0.3 is 6.03 Å². The molecule has 2 N–H and O–H groups in total. The number of rotatable bonds is 3. The van der Waals surface area contributed by atoms with Crippen molar-refractivity contribution in [3.8, 4) is 0 Å². The lowest BCUT2D eigenvalue weighted by Crippen LogP contribution is -2.28. The Morgan fingerprint density at radius 3 is 2.17 bits per heavy atom. The lowest BCUT2D eigenvalue weighted by Gasteiger charge is -2.05. The van der Waals surface area contributed by atoms with Gasteiger partial charge in [-0.1, -0.05) is 51.5 Å². The van der Waals surface area contributed by atoms with E-state index in [9.17, 15) is 4.79 Å². The second kappa shape index (κ2) is 13.3. The molecule has 0 saturated carbocycles. The first-order valence-electron chi connectivity index (χ1n) is 6.45. The third kappa shape index (κ3) is 9.46. The number of hydrogen-bond acceptors (Lipinski definition) is 1. The molecule has 0 atom stereocenters. The summed E-state index contributed by atoms with van der Waals surface area (Å²) in [6.45, 7) is 14.0. The molecule has 0 saturated heterocycles. The molecule has 106 valence electrons. The molecule has 2 amide bonds. The second-order valence-corrected chi connectivity index (χ2v) is 2.99. The van der Waals surface area contributed by atoms with Crippen LogP contribution in [-0.2, 0) is 0 Å². The van der Waals surface area contributed by atoms with Crippen molar-refractivity contribution in [1.29, 1.82) is 0 Å². The number of amides is 2. The molecule has 0 aliphatic rings. The standard InChI is InChI=1S/C11H14N2O.2C2H6.2H2/c1-3-8-12-11(14)13-10-6-4-9(2)5-7-10;2*1-2;;/h3-7H,1,8H2,2H3,(H2,12,13,14);2*1-2H3;2*1H. The van der Waals surface area contributed by atoms with Crippen molar-refractivity contribution >= 4 is 11.7 Å². The number of nitrogens with one attached hydrogen (secondary N) is 2. The predicted octanol–water partition coefficient (Wildman–Crippen LogP) is 4.85. The third-order valence-corrected chi connectivity index (χ3v) is 1.72. The molecule has 0 heterocycles. The van der Waals surface area contributed by atoms with Crippen LogP contribution in [0.4, 0.5) is 10.5 Å². The molecule has 3 nitrogen and oxygen atoms in total. The normalized spacial score (nSPS) is 7.83. The molecule has 1 rings (SSSR count). The van der Waals surface area contributed by atoms with E-state index in [1.54, 1.807) is 6.08 Å². The summed E-state index contributed by atoms with van der Waals surface area (Å²) < 4.78 is 0. The highest BCUT2D eigenvalue weighted by Crippen LogP contribution is 2.07. The summed E-state index contributed by atoms with van der Waals surface area (Å²) in [6, 6.07) is 7.41. The highest BCUT2D eigenvalue weighted by molar-refractivity contribution is 5.89. The van der Waals surface area contributed by atoms with Crippen molar-refractivity contribution < 1.29 is 7.65 Å².